The predicted octanol–water partition coefficient (Wildman–Crippen LogP) is 3.63. The molecule has 176 valence electrons. The maximum absolute atomic E-state index is 13.5. The van der Waals surface area contributed by atoms with Gasteiger partial charge in [-0.3, -0.25) is 9.59 Å². The molecule has 5 rings (SSSR count). The Morgan fingerprint density at radius 2 is 2.15 bits per heavy atom. The van der Waals surface area contributed by atoms with Crippen molar-refractivity contribution in [1.82, 2.24) is 14.5 Å². The lowest BCUT2D eigenvalue weighted by Crippen LogP contribution is -2.49. The van der Waals surface area contributed by atoms with E-state index in [-0.39, 0.29) is 11.8 Å². The van der Waals surface area contributed by atoms with Crippen LogP contribution < -0.4 is 4.90 Å². The monoisotopic (exact) mass is 478 g/mol. The maximum atomic E-state index is 13.5. The average Bonchev–Trinajstić information content (AvgIpc) is 3.55. The Kier molecular flexibility index (Phi) is 5.33. The molecule has 1 aliphatic heterocycles. The van der Waals surface area contributed by atoms with Crippen molar-refractivity contribution in [3.05, 3.63) is 70.2 Å². The highest BCUT2D eigenvalue weighted by molar-refractivity contribution is 7.09. The van der Waals surface area contributed by atoms with Crippen molar-refractivity contribution < 1.29 is 19.1 Å². The van der Waals surface area contributed by atoms with Crippen LogP contribution in [0, 0.1) is 0 Å². The highest BCUT2D eigenvalue weighted by Gasteiger charge is 2.36. The predicted molar refractivity (Wildman–Crippen MR) is 130 cm³/mol. The summed E-state index contributed by atoms with van der Waals surface area (Å²) in [4.78, 5) is 35.0. The molecule has 4 heterocycles. The first-order valence-corrected chi connectivity index (χ1v) is 11.9. The van der Waals surface area contributed by atoms with E-state index in [2.05, 4.69) is 4.98 Å². The van der Waals surface area contributed by atoms with Gasteiger partial charge in [0.2, 0.25) is 0 Å². The second-order valence-electron chi connectivity index (χ2n) is 9.18. The minimum absolute atomic E-state index is 0.0340. The number of carbonyl (C=O) groups is 2. The fourth-order valence-corrected chi connectivity index (χ4v) is 5.06. The van der Waals surface area contributed by atoms with Gasteiger partial charge < -0.3 is 23.9 Å². The van der Waals surface area contributed by atoms with Crippen molar-refractivity contribution in [2.24, 2.45) is 0 Å². The van der Waals surface area contributed by atoms with E-state index in [4.69, 9.17) is 4.42 Å². The Balaban J connectivity index is 1.44. The summed E-state index contributed by atoms with van der Waals surface area (Å²) in [5.41, 5.74) is 1.25. The molecule has 0 unspecified atom stereocenters. The van der Waals surface area contributed by atoms with E-state index in [1.54, 1.807) is 50.4 Å². The summed E-state index contributed by atoms with van der Waals surface area (Å²) >= 11 is 1.61. The molecule has 0 radical (unpaired) electrons. The molecule has 8 nitrogen and oxygen atoms in total. The molecule has 3 aromatic heterocycles. The van der Waals surface area contributed by atoms with Crippen molar-refractivity contribution in [3.63, 3.8) is 0 Å². The molecule has 1 atom stereocenters. The first-order valence-electron chi connectivity index (χ1n) is 11.0. The molecule has 0 saturated carbocycles. The van der Waals surface area contributed by atoms with Crippen LogP contribution in [-0.2, 0) is 23.4 Å². The third kappa shape index (κ3) is 3.80. The smallest absolute Gasteiger partial charge is 0.310 e. The summed E-state index contributed by atoms with van der Waals surface area (Å²) in [7, 11) is 3.30. The number of rotatable bonds is 5. The van der Waals surface area contributed by atoms with Crippen LogP contribution in [-0.4, -0.2) is 51.5 Å². The number of benzene rings is 1. The van der Waals surface area contributed by atoms with Gasteiger partial charge in [0, 0.05) is 37.0 Å². The van der Waals surface area contributed by atoms with E-state index < -0.39 is 17.6 Å². The van der Waals surface area contributed by atoms with Crippen LogP contribution >= 0.6 is 11.3 Å². The lowest BCUT2D eigenvalue weighted by molar-refractivity contribution is -0.122. The second kappa shape index (κ2) is 8.11. The van der Waals surface area contributed by atoms with Gasteiger partial charge in [-0.2, -0.15) is 0 Å². The fraction of sp³-hybridized carbons (Fsp3) is 0.320. The number of oxazole rings is 1. The average molecular weight is 479 g/mol. The van der Waals surface area contributed by atoms with E-state index in [9.17, 15) is 14.7 Å². The SMILES string of the molecule is CN1C(=O)[C@@H](N(C)C(=O)c2ncc(Cc3cccs3)o2)Cn2ccc3cc(C(C)(C)O)cc1c32. The number of hydrogen-bond donors (Lipinski definition) is 1. The summed E-state index contributed by atoms with van der Waals surface area (Å²) < 4.78 is 7.71. The highest BCUT2D eigenvalue weighted by atomic mass is 32.1. The Bertz CT molecular complexity index is 1380. The van der Waals surface area contributed by atoms with Gasteiger partial charge in [0.05, 0.1) is 29.5 Å². The molecule has 9 heteroatoms. The zero-order valence-electron chi connectivity index (χ0n) is 19.5. The van der Waals surface area contributed by atoms with Crippen molar-refractivity contribution in [1.29, 1.82) is 0 Å². The third-order valence-corrected chi connectivity index (χ3v) is 7.22. The topological polar surface area (TPSA) is 91.8 Å². The lowest BCUT2D eigenvalue weighted by atomic mass is 9.96. The number of anilines is 1. The Morgan fingerprint density at radius 3 is 2.85 bits per heavy atom. The molecule has 0 fully saturated rings. The third-order valence-electron chi connectivity index (χ3n) is 6.35. The highest BCUT2D eigenvalue weighted by Crippen LogP contribution is 2.36. The van der Waals surface area contributed by atoms with Crippen LogP contribution in [0.2, 0.25) is 0 Å². The normalized spacial score (nSPS) is 16.2. The van der Waals surface area contributed by atoms with Gasteiger partial charge in [0.1, 0.15) is 11.8 Å². The zero-order valence-corrected chi connectivity index (χ0v) is 20.3. The van der Waals surface area contributed by atoms with E-state index in [0.717, 1.165) is 15.8 Å². The molecule has 0 saturated heterocycles. The van der Waals surface area contributed by atoms with Crippen molar-refractivity contribution in [2.45, 2.75) is 38.5 Å². The van der Waals surface area contributed by atoms with Crippen molar-refractivity contribution >= 4 is 39.7 Å². The summed E-state index contributed by atoms with van der Waals surface area (Å²) in [6, 6.07) is 8.95. The number of carbonyl (C=O) groups excluding carboxylic acids is 2. The Hall–Kier alpha value is -3.43. The molecule has 1 aliphatic rings. The Morgan fingerprint density at radius 1 is 1.35 bits per heavy atom. The number of thiophene rings is 1. The van der Waals surface area contributed by atoms with E-state index >= 15 is 0 Å². The molecule has 34 heavy (non-hydrogen) atoms. The van der Waals surface area contributed by atoms with Crippen LogP contribution in [0.25, 0.3) is 10.9 Å². The summed E-state index contributed by atoms with van der Waals surface area (Å²) in [6.07, 6.45) is 4.03. The number of aliphatic hydroxyl groups is 1. The first-order chi connectivity index (χ1) is 16.1. The van der Waals surface area contributed by atoms with Crippen molar-refractivity contribution in [2.75, 3.05) is 19.0 Å². The number of likely N-dealkylation sites (N-methyl/N-ethyl adjacent to an activating group) is 2. The molecule has 1 aromatic carbocycles. The summed E-state index contributed by atoms with van der Waals surface area (Å²) in [6.45, 7) is 3.73. The van der Waals surface area contributed by atoms with Crippen LogP contribution in [0.4, 0.5) is 5.69 Å². The molecule has 4 aromatic rings. The van der Waals surface area contributed by atoms with Gasteiger partial charge in [-0.05, 0) is 49.1 Å². The number of hydrogen-bond acceptors (Lipinski definition) is 6. The van der Waals surface area contributed by atoms with Gasteiger partial charge in [-0.25, -0.2) is 4.98 Å². The van der Waals surface area contributed by atoms with Gasteiger partial charge >= 0.3 is 5.91 Å². The van der Waals surface area contributed by atoms with E-state index in [1.165, 1.54) is 4.90 Å². The molecule has 1 N–H and O–H groups in total. The quantitative estimate of drug-likeness (QED) is 0.473. The second-order valence-corrected chi connectivity index (χ2v) is 10.2. The van der Waals surface area contributed by atoms with Crippen LogP contribution in [0.5, 0.6) is 0 Å². The molecular formula is C25H26N4O4S. The molecule has 0 aliphatic carbocycles. The Labute approximate surface area is 201 Å². The summed E-state index contributed by atoms with van der Waals surface area (Å²) in [5, 5.41) is 13.5. The molecule has 2 amide bonds. The summed E-state index contributed by atoms with van der Waals surface area (Å²) in [5.74, 6) is -0.106. The van der Waals surface area contributed by atoms with Gasteiger partial charge in [-0.1, -0.05) is 6.07 Å². The molecule has 0 spiro atoms. The minimum atomic E-state index is -1.05. The fourth-order valence-electron chi connectivity index (χ4n) is 4.35. The largest absolute Gasteiger partial charge is 0.437 e. The van der Waals surface area contributed by atoms with Gasteiger partial charge in [-0.15, -0.1) is 11.3 Å². The maximum Gasteiger partial charge on any atom is 0.310 e. The van der Waals surface area contributed by atoms with Crippen LogP contribution in [0.15, 0.2) is 52.5 Å². The number of amides is 2. The lowest BCUT2D eigenvalue weighted by Gasteiger charge is -2.28. The molecule has 0 bridgehead atoms. The first kappa shape index (κ1) is 22.4. The number of nitrogens with zero attached hydrogens (tertiary/aromatic N) is 4. The zero-order chi connectivity index (χ0) is 24.2. The van der Waals surface area contributed by atoms with Gasteiger partial charge in [0.25, 0.3) is 11.8 Å². The van der Waals surface area contributed by atoms with Crippen LogP contribution in [0.1, 0.15) is 40.7 Å². The van der Waals surface area contributed by atoms with Crippen LogP contribution in [0.3, 0.4) is 0 Å². The minimum Gasteiger partial charge on any atom is -0.437 e. The standard InChI is InChI=1S/C25H26N4O4S/c1-25(2,32)16-10-15-7-8-29-14-20(23(30)27(3)19(11-16)21(15)29)28(4)24(31)22-26-13-17(33-22)12-18-6-5-9-34-18/h5-11,13,20,32H,12,14H2,1-4H3/t20-/m0/s1. The molecular weight excluding hydrogens is 452 g/mol. The van der Waals surface area contributed by atoms with E-state index in [0.29, 0.717) is 30.0 Å². The van der Waals surface area contributed by atoms with Crippen molar-refractivity contribution in [3.8, 4) is 0 Å². The number of aromatic nitrogens is 2. The van der Waals surface area contributed by atoms with Gasteiger partial charge in [0.15, 0.2) is 0 Å². The van der Waals surface area contributed by atoms with E-state index in [1.807, 2.05) is 46.5 Å².